The maximum Gasteiger partial charge on any atom is -0.0292 e. The molecule has 0 amide bonds. The highest BCUT2D eigenvalue weighted by atomic mass is 14.1. The number of allylic oxidation sites excluding steroid dienone is 2. The highest BCUT2D eigenvalue weighted by Gasteiger charge is 2.06. The molecule has 0 unspecified atom stereocenters. The van der Waals surface area contributed by atoms with Crippen LogP contribution in [0.3, 0.4) is 0 Å². The summed E-state index contributed by atoms with van der Waals surface area (Å²) in [5, 5.41) is 0. The molecule has 0 aliphatic rings. The first-order valence-corrected chi connectivity index (χ1v) is 6.46. The van der Waals surface area contributed by atoms with Gasteiger partial charge in [0.15, 0.2) is 0 Å². The fourth-order valence-electron chi connectivity index (χ4n) is 1.93. The molecule has 84 valence electrons. The fraction of sp³-hybridized carbons (Fsp3) is 0.857. The topological polar surface area (TPSA) is 0 Å². The summed E-state index contributed by atoms with van der Waals surface area (Å²) in [7, 11) is 0. The van der Waals surface area contributed by atoms with Crippen LogP contribution in [-0.4, -0.2) is 0 Å². The molecule has 0 aromatic heterocycles. The molecule has 0 heterocycles. The van der Waals surface area contributed by atoms with Gasteiger partial charge in [-0.2, -0.15) is 0 Å². The summed E-state index contributed by atoms with van der Waals surface area (Å²) < 4.78 is 0. The normalized spacial score (nSPS) is 12.5. The molecule has 0 radical (unpaired) electrons. The van der Waals surface area contributed by atoms with Crippen LogP contribution in [0.2, 0.25) is 0 Å². The molecule has 0 atom stereocenters. The van der Waals surface area contributed by atoms with Crippen LogP contribution in [0.4, 0.5) is 0 Å². The number of rotatable bonds is 8. The molecule has 0 saturated heterocycles. The lowest BCUT2D eigenvalue weighted by Crippen LogP contribution is -1.99. The smallest absolute Gasteiger partial charge is 0.0292 e. The zero-order chi connectivity index (χ0) is 10.8. The van der Waals surface area contributed by atoms with Gasteiger partial charge in [-0.3, -0.25) is 0 Å². The lowest BCUT2D eigenvalue weighted by Gasteiger charge is -2.15. The summed E-state index contributed by atoms with van der Waals surface area (Å²) in [5.41, 5.74) is 1.71. The summed E-state index contributed by atoms with van der Waals surface area (Å²) >= 11 is 0. The molecule has 0 aliphatic carbocycles. The van der Waals surface area contributed by atoms with Crippen LogP contribution >= 0.6 is 0 Å². The lowest BCUT2D eigenvalue weighted by atomic mass is 9.91. The molecule has 0 saturated carbocycles. The standard InChI is InChI=1S/C14H28/c1-5-9-11-14(10-6-2)12-13(7-3)8-4/h10,13H,5-9,11-12H2,1-4H3. The Morgan fingerprint density at radius 1 is 1.07 bits per heavy atom. The zero-order valence-corrected chi connectivity index (χ0v) is 10.6. The van der Waals surface area contributed by atoms with E-state index in [1.54, 1.807) is 5.57 Å². The van der Waals surface area contributed by atoms with Crippen molar-refractivity contribution in [3.05, 3.63) is 11.6 Å². The maximum atomic E-state index is 2.45. The molecule has 0 fully saturated rings. The van der Waals surface area contributed by atoms with Gasteiger partial charge in [0.05, 0.1) is 0 Å². The SMILES string of the molecule is CCC=C(CCCC)CC(CC)CC. The minimum atomic E-state index is 0.921. The summed E-state index contributed by atoms with van der Waals surface area (Å²) in [6.07, 6.45) is 11.7. The van der Waals surface area contributed by atoms with Gasteiger partial charge in [0.25, 0.3) is 0 Å². The van der Waals surface area contributed by atoms with Gasteiger partial charge in [-0.15, -0.1) is 0 Å². The first-order chi connectivity index (χ1) is 6.78. The Morgan fingerprint density at radius 2 is 1.71 bits per heavy atom. The number of hydrogen-bond donors (Lipinski definition) is 0. The molecule has 0 rings (SSSR count). The largest absolute Gasteiger partial charge is 0.0856 e. The van der Waals surface area contributed by atoms with Crippen molar-refractivity contribution >= 4 is 0 Å². The molecule has 0 aromatic carbocycles. The summed E-state index contributed by atoms with van der Waals surface area (Å²) in [6, 6.07) is 0. The Kier molecular flexibility index (Phi) is 9.13. The van der Waals surface area contributed by atoms with E-state index in [-0.39, 0.29) is 0 Å². The highest BCUT2D eigenvalue weighted by molar-refractivity contribution is 5.02. The third kappa shape index (κ3) is 6.23. The zero-order valence-electron chi connectivity index (χ0n) is 10.6. The molecule has 0 aromatic rings. The van der Waals surface area contributed by atoms with E-state index in [4.69, 9.17) is 0 Å². The predicted molar refractivity (Wildman–Crippen MR) is 66.6 cm³/mol. The monoisotopic (exact) mass is 196 g/mol. The van der Waals surface area contributed by atoms with Gasteiger partial charge in [0, 0.05) is 0 Å². The second kappa shape index (κ2) is 9.30. The van der Waals surface area contributed by atoms with Gasteiger partial charge in [-0.25, -0.2) is 0 Å². The Bertz CT molecular complexity index is 140. The second-order valence-corrected chi connectivity index (χ2v) is 4.26. The van der Waals surface area contributed by atoms with Crippen molar-refractivity contribution in [3.63, 3.8) is 0 Å². The van der Waals surface area contributed by atoms with E-state index in [0.717, 1.165) is 5.92 Å². The van der Waals surface area contributed by atoms with Crippen molar-refractivity contribution < 1.29 is 0 Å². The van der Waals surface area contributed by atoms with E-state index in [0.29, 0.717) is 0 Å². The van der Waals surface area contributed by atoms with E-state index in [2.05, 4.69) is 33.8 Å². The average Bonchev–Trinajstić information content (AvgIpc) is 2.22. The van der Waals surface area contributed by atoms with Crippen LogP contribution in [0.1, 0.15) is 72.6 Å². The van der Waals surface area contributed by atoms with Crippen molar-refractivity contribution in [3.8, 4) is 0 Å². The number of hydrogen-bond acceptors (Lipinski definition) is 0. The van der Waals surface area contributed by atoms with Crippen LogP contribution in [0, 0.1) is 5.92 Å². The Labute approximate surface area is 90.8 Å². The van der Waals surface area contributed by atoms with E-state index < -0.39 is 0 Å². The van der Waals surface area contributed by atoms with Gasteiger partial charge in [-0.05, 0) is 31.6 Å². The first kappa shape index (κ1) is 13.7. The molecule has 0 aliphatic heterocycles. The summed E-state index contributed by atoms with van der Waals surface area (Å²) in [4.78, 5) is 0. The molecule has 0 heteroatoms. The quantitative estimate of drug-likeness (QED) is 0.460. The fourth-order valence-corrected chi connectivity index (χ4v) is 1.93. The van der Waals surface area contributed by atoms with Crippen LogP contribution < -0.4 is 0 Å². The maximum absolute atomic E-state index is 2.45. The van der Waals surface area contributed by atoms with Crippen LogP contribution in [0.15, 0.2) is 11.6 Å². The van der Waals surface area contributed by atoms with E-state index in [1.165, 1.54) is 44.9 Å². The predicted octanol–water partition coefficient (Wildman–Crippen LogP) is 5.34. The number of unbranched alkanes of at least 4 members (excludes halogenated alkanes) is 1. The van der Waals surface area contributed by atoms with Crippen molar-refractivity contribution in [1.82, 2.24) is 0 Å². The van der Waals surface area contributed by atoms with Gasteiger partial charge in [0.2, 0.25) is 0 Å². The Morgan fingerprint density at radius 3 is 2.14 bits per heavy atom. The third-order valence-corrected chi connectivity index (χ3v) is 3.05. The van der Waals surface area contributed by atoms with Crippen molar-refractivity contribution in [2.45, 2.75) is 72.6 Å². The van der Waals surface area contributed by atoms with E-state index >= 15 is 0 Å². The van der Waals surface area contributed by atoms with Crippen LogP contribution in [-0.2, 0) is 0 Å². The van der Waals surface area contributed by atoms with Gasteiger partial charge >= 0.3 is 0 Å². The first-order valence-electron chi connectivity index (χ1n) is 6.46. The van der Waals surface area contributed by atoms with Gasteiger partial charge in [-0.1, -0.05) is 58.6 Å². The molecule has 0 nitrogen and oxygen atoms in total. The Hall–Kier alpha value is -0.260. The summed E-state index contributed by atoms with van der Waals surface area (Å²) in [6.45, 7) is 9.16. The summed E-state index contributed by atoms with van der Waals surface area (Å²) in [5.74, 6) is 0.921. The molecule has 0 bridgehead atoms. The molecular formula is C14H28. The van der Waals surface area contributed by atoms with Gasteiger partial charge in [0.1, 0.15) is 0 Å². The van der Waals surface area contributed by atoms with E-state index in [1.807, 2.05) is 0 Å². The molecular weight excluding hydrogens is 168 g/mol. The third-order valence-electron chi connectivity index (χ3n) is 3.05. The molecule has 0 N–H and O–H groups in total. The minimum Gasteiger partial charge on any atom is -0.0856 e. The Balaban J connectivity index is 4.00. The lowest BCUT2D eigenvalue weighted by molar-refractivity contribution is 0.479. The van der Waals surface area contributed by atoms with E-state index in [9.17, 15) is 0 Å². The van der Waals surface area contributed by atoms with Crippen LogP contribution in [0.25, 0.3) is 0 Å². The van der Waals surface area contributed by atoms with Crippen molar-refractivity contribution in [2.24, 2.45) is 5.92 Å². The minimum absolute atomic E-state index is 0.921. The molecule has 14 heavy (non-hydrogen) atoms. The highest BCUT2D eigenvalue weighted by Crippen LogP contribution is 2.22. The van der Waals surface area contributed by atoms with Crippen molar-refractivity contribution in [1.29, 1.82) is 0 Å². The molecule has 0 spiro atoms. The van der Waals surface area contributed by atoms with Gasteiger partial charge < -0.3 is 0 Å². The average molecular weight is 196 g/mol. The second-order valence-electron chi connectivity index (χ2n) is 4.26. The van der Waals surface area contributed by atoms with Crippen molar-refractivity contribution in [2.75, 3.05) is 0 Å². The van der Waals surface area contributed by atoms with Crippen LogP contribution in [0.5, 0.6) is 0 Å².